The van der Waals surface area contributed by atoms with Crippen LogP contribution in [-0.4, -0.2) is 56.4 Å². The number of hydrogen-bond donors (Lipinski definition) is 1. The van der Waals surface area contributed by atoms with E-state index in [-0.39, 0.29) is 41.7 Å². The summed E-state index contributed by atoms with van der Waals surface area (Å²) in [4.78, 5) is 34.7. The molecular weight excluding hydrogens is 480 g/mol. The number of ether oxygens (including phenoxy) is 5. The SMILES string of the molecule is COC(=O)C(OC)(C(=O)OC)c1nc(C)nc(N[C@H](C)c2cccc(C(F)F)c2C)c1C1OCCO1. The highest BCUT2D eigenvalue weighted by molar-refractivity contribution is 6.04. The third-order valence-corrected chi connectivity index (χ3v) is 5.97. The number of nitrogens with one attached hydrogen (secondary N) is 1. The fraction of sp³-hybridized carbons (Fsp3) is 0.500. The third kappa shape index (κ3) is 4.88. The molecule has 1 N–H and O–H groups in total. The normalized spacial score (nSPS) is 15.1. The van der Waals surface area contributed by atoms with Gasteiger partial charge >= 0.3 is 17.5 Å². The molecule has 0 bridgehead atoms. The molecule has 12 heteroatoms. The van der Waals surface area contributed by atoms with Gasteiger partial charge in [0, 0.05) is 12.7 Å². The number of halogens is 2. The quantitative estimate of drug-likeness (QED) is 0.398. The minimum atomic E-state index is -2.64. The zero-order valence-corrected chi connectivity index (χ0v) is 20.9. The molecule has 36 heavy (non-hydrogen) atoms. The number of carbonyl (C=O) groups excluding carboxylic acids is 2. The lowest BCUT2D eigenvalue weighted by atomic mass is 9.93. The Hall–Kier alpha value is -3.22. The zero-order chi connectivity index (χ0) is 26.6. The molecule has 0 aliphatic carbocycles. The summed E-state index contributed by atoms with van der Waals surface area (Å²) in [6, 6.07) is 4.11. The van der Waals surface area contributed by atoms with Gasteiger partial charge in [0.05, 0.1) is 39.0 Å². The molecule has 0 saturated carbocycles. The minimum absolute atomic E-state index is 0.0850. The van der Waals surface area contributed by atoms with E-state index in [2.05, 4.69) is 15.3 Å². The number of aryl methyl sites for hydroxylation is 1. The van der Waals surface area contributed by atoms with Crippen molar-refractivity contribution in [1.29, 1.82) is 0 Å². The molecule has 0 amide bonds. The molecule has 1 aromatic carbocycles. The van der Waals surface area contributed by atoms with E-state index in [0.717, 1.165) is 21.3 Å². The van der Waals surface area contributed by atoms with Gasteiger partial charge in [-0.05, 0) is 31.9 Å². The molecular formula is C24H29F2N3O7. The number of aromatic nitrogens is 2. The maximum absolute atomic E-state index is 13.5. The first-order chi connectivity index (χ1) is 17.1. The van der Waals surface area contributed by atoms with Crippen molar-refractivity contribution in [3.63, 3.8) is 0 Å². The van der Waals surface area contributed by atoms with Gasteiger partial charge in [0.1, 0.15) is 17.3 Å². The second-order valence-corrected chi connectivity index (χ2v) is 8.05. The van der Waals surface area contributed by atoms with Gasteiger partial charge < -0.3 is 29.0 Å². The summed E-state index contributed by atoms with van der Waals surface area (Å²) in [7, 11) is 3.32. The number of rotatable bonds is 9. The molecule has 3 rings (SSSR count). The smallest absolute Gasteiger partial charge is 0.356 e. The summed E-state index contributed by atoms with van der Waals surface area (Å²) < 4.78 is 53.5. The summed E-state index contributed by atoms with van der Waals surface area (Å²) in [5.41, 5.74) is -1.54. The molecule has 1 atom stereocenters. The maximum atomic E-state index is 13.5. The van der Waals surface area contributed by atoms with E-state index in [1.165, 1.54) is 6.07 Å². The van der Waals surface area contributed by atoms with E-state index in [1.54, 1.807) is 32.9 Å². The Morgan fingerprint density at radius 2 is 1.64 bits per heavy atom. The van der Waals surface area contributed by atoms with Crippen LogP contribution >= 0.6 is 0 Å². The van der Waals surface area contributed by atoms with Gasteiger partial charge in [-0.25, -0.2) is 28.3 Å². The number of methoxy groups -OCH3 is 3. The van der Waals surface area contributed by atoms with Gasteiger partial charge in [-0.2, -0.15) is 0 Å². The number of benzene rings is 1. The molecule has 2 aromatic rings. The number of anilines is 1. The van der Waals surface area contributed by atoms with Crippen LogP contribution in [0.5, 0.6) is 0 Å². The van der Waals surface area contributed by atoms with Crippen LogP contribution in [0, 0.1) is 13.8 Å². The Bertz CT molecular complexity index is 1110. The second-order valence-electron chi connectivity index (χ2n) is 8.05. The van der Waals surface area contributed by atoms with Gasteiger partial charge in [-0.1, -0.05) is 18.2 Å². The van der Waals surface area contributed by atoms with Gasteiger partial charge in [-0.3, -0.25) is 0 Å². The summed E-state index contributed by atoms with van der Waals surface area (Å²) in [5.74, 6) is -1.82. The highest BCUT2D eigenvalue weighted by Gasteiger charge is 2.55. The van der Waals surface area contributed by atoms with E-state index in [1.807, 2.05) is 0 Å². The molecule has 0 spiro atoms. The van der Waals surface area contributed by atoms with Crippen LogP contribution in [0.4, 0.5) is 14.6 Å². The fourth-order valence-electron chi connectivity index (χ4n) is 4.20. The van der Waals surface area contributed by atoms with Crippen LogP contribution in [0.2, 0.25) is 0 Å². The predicted octanol–water partition coefficient (Wildman–Crippen LogP) is 3.44. The Kier molecular flexibility index (Phi) is 8.54. The summed E-state index contributed by atoms with van der Waals surface area (Å²) in [6.07, 6.45) is -3.70. The zero-order valence-electron chi connectivity index (χ0n) is 20.9. The van der Waals surface area contributed by atoms with Gasteiger partial charge in [-0.15, -0.1) is 0 Å². The molecule has 1 saturated heterocycles. The van der Waals surface area contributed by atoms with Gasteiger partial charge in [0.25, 0.3) is 6.43 Å². The number of carbonyl (C=O) groups is 2. The first-order valence-electron chi connectivity index (χ1n) is 11.1. The van der Waals surface area contributed by atoms with Crippen molar-refractivity contribution in [2.24, 2.45) is 0 Å². The van der Waals surface area contributed by atoms with Crippen molar-refractivity contribution in [3.05, 3.63) is 52.0 Å². The van der Waals surface area contributed by atoms with E-state index < -0.39 is 36.3 Å². The van der Waals surface area contributed by atoms with Crippen molar-refractivity contribution < 1.29 is 42.1 Å². The Labute approximate surface area is 207 Å². The van der Waals surface area contributed by atoms with E-state index in [0.29, 0.717) is 11.1 Å². The van der Waals surface area contributed by atoms with Gasteiger partial charge in [0.2, 0.25) is 0 Å². The van der Waals surface area contributed by atoms with Crippen LogP contribution < -0.4 is 5.32 Å². The highest BCUT2D eigenvalue weighted by Crippen LogP contribution is 2.40. The number of esters is 2. The summed E-state index contributed by atoms with van der Waals surface area (Å²) >= 11 is 0. The van der Waals surface area contributed by atoms with Crippen LogP contribution in [0.15, 0.2) is 18.2 Å². The van der Waals surface area contributed by atoms with Crippen LogP contribution in [0.25, 0.3) is 0 Å². The molecule has 10 nitrogen and oxygen atoms in total. The summed E-state index contributed by atoms with van der Waals surface area (Å²) in [5, 5.41) is 3.19. The van der Waals surface area contributed by atoms with Crippen molar-refractivity contribution in [2.75, 3.05) is 39.9 Å². The van der Waals surface area contributed by atoms with Crippen LogP contribution in [-0.2, 0) is 38.9 Å². The average Bonchev–Trinajstić information content (AvgIpc) is 3.38. The van der Waals surface area contributed by atoms with E-state index in [4.69, 9.17) is 23.7 Å². The minimum Gasteiger partial charge on any atom is -0.466 e. The third-order valence-electron chi connectivity index (χ3n) is 5.97. The second kappa shape index (κ2) is 11.2. The lowest BCUT2D eigenvalue weighted by Crippen LogP contribution is -2.49. The summed E-state index contributed by atoms with van der Waals surface area (Å²) in [6.45, 7) is 5.40. The monoisotopic (exact) mass is 509 g/mol. The first kappa shape index (κ1) is 27.4. The molecule has 0 radical (unpaired) electrons. The van der Waals surface area contributed by atoms with E-state index >= 15 is 0 Å². The van der Waals surface area contributed by atoms with Gasteiger partial charge in [0.15, 0.2) is 6.29 Å². The van der Waals surface area contributed by atoms with Crippen LogP contribution in [0.1, 0.15) is 59.5 Å². The largest absolute Gasteiger partial charge is 0.466 e. The topological polar surface area (TPSA) is 118 Å². The molecule has 1 aliphatic heterocycles. The van der Waals surface area contributed by atoms with Crippen LogP contribution in [0.3, 0.4) is 0 Å². The predicted molar refractivity (Wildman–Crippen MR) is 122 cm³/mol. The molecule has 2 heterocycles. The van der Waals surface area contributed by atoms with E-state index in [9.17, 15) is 18.4 Å². The first-order valence-corrected chi connectivity index (χ1v) is 11.1. The van der Waals surface area contributed by atoms with Crippen molar-refractivity contribution >= 4 is 17.8 Å². The molecule has 0 unspecified atom stereocenters. The number of alkyl halides is 2. The molecule has 1 fully saturated rings. The fourth-order valence-corrected chi connectivity index (χ4v) is 4.20. The van der Waals surface area contributed by atoms with Crippen molar-refractivity contribution in [1.82, 2.24) is 9.97 Å². The van der Waals surface area contributed by atoms with Crippen molar-refractivity contribution in [2.45, 2.75) is 45.1 Å². The Balaban J connectivity index is 2.23. The molecule has 196 valence electrons. The average molecular weight is 510 g/mol. The van der Waals surface area contributed by atoms with Crippen molar-refractivity contribution in [3.8, 4) is 0 Å². The number of nitrogens with zero attached hydrogens (tertiary/aromatic N) is 2. The Morgan fingerprint density at radius 1 is 1.06 bits per heavy atom. The number of hydrogen-bond acceptors (Lipinski definition) is 10. The Morgan fingerprint density at radius 3 is 2.17 bits per heavy atom. The lowest BCUT2D eigenvalue weighted by Gasteiger charge is -2.30. The lowest BCUT2D eigenvalue weighted by molar-refractivity contribution is -0.187. The molecule has 1 aromatic heterocycles. The maximum Gasteiger partial charge on any atom is 0.356 e. The molecule has 1 aliphatic rings. The standard InChI is InChI=1S/C24H29F2N3O7/c1-12-15(8-7-9-16(12)19(25)26)13(2)27-20-17(21-35-10-11-36-21)18(28-14(3)29-20)24(34-6,22(30)32-4)23(31)33-5/h7-9,13,19,21H,10-11H2,1-6H3,(H,27,28,29)/t13-/m1/s1. The highest BCUT2D eigenvalue weighted by atomic mass is 19.3.